The van der Waals surface area contributed by atoms with Crippen molar-refractivity contribution in [2.45, 2.75) is 97.6 Å². The molecule has 1 fully saturated rings. The summed E-state index contributed by atoms with van der Waals surface area (Å²) in [5.41, 5.74) is 0.182. The Labute approximate surface area is 248 Å². The average Bonchev–Trinajstić information content (AvgIpc) is 3.32. The predicted molar refractivity (Wildman–Crippen MR) is 156 cm³/mol. The summed E-state index contributed by atoms with van der Waals surface area (Å²) in [5, 5.41) is 8.09. The number of Topliss-reactive ketones (excluding diaryl/α,β-unsaturated/α-hetero) is 1. The maximum absolute atomic E-state index is 13.7. The first kappa shape index (κ1) is 34.7. The van der Waals surface area contributed by atoms with Crippen LogP contribution in [0.4, 0.5) is 4.79 Å². The van der Waals surface area contributed by atoms with E-state index >= 15 is 0 Å². The molecular weight excluding hydrogens is 542 g/mol. The van der Waals surface area contributed by atoms with Gasteiger partial charge in [0.05, 0.1) is 18.8 Å². The lowest BCUT2D eigenvalue weighted by atomic mass is 9.88. The van der Waals surface area contributed by atoms with Crippen molar-refractivity contribution in [1.29, 1.82) is 0 Å². The summed E-state index contributed by atoms with van der Waals surface area (Å²) in [6, 6.07) is 7.02. The molecule has 0 aliphatic carbocycles. The van der Waals surface area contributed by atoms with Crippen LogP contribution < -0.4 is 16.0 Å². The molecule has 1 saturated heterocycles. The molecule has 0 spiro atoms. The monoisotopic (exact) mass is 589 g/mol. The maximum atomic E-state index is 13.7. The van der Waals surface area contributed by atoms with Crippen molar-refractivity contribution < 1.29 is 38.2 Å². The lowest BCUT2D eigenvalue weighted by molar-refractivity contribution is -0.146. The van der Waals surface area contributed by atoms with Gasteiger partial charge in [0, 0.05) is 24.8 Å². The highest BCUT2D eigenvalue weighted by atomic mass is 16.6. The van der Waals surface area contributed by atoms with Crippen molar-refractivity contribution in [3.05, 3.63) is 35.9 Å². The molecule has 5 atom stereocenters. The zero-order valence-corrected chi connectivity index (χ0v) is 25.9. The highest BCUT2D eigenvalue weighted by molar-refractivity contribution is 5.93. The molecule has 0 unspecified atom stereocenters. The summed E-state index contributed by atoms with van der Waals surface area (Å²) in [6.07, 6.45) is -0.714. The van der Waals surface area contributed by atoms with Gasteiger partial charge >= 0.3 is 12.1 Å². The minimum absolute atomic E-state index is 0.0222. The van der Waals surface area contributed by atoms with E-state index in [-0.39, 0.29) is 31.3 Å². The standard InChI is InChI=1S/C31H47N3O8/c1-19(2)15-23(28(37)33-24(29(38)40-7)16-22-13-14-32-27(22)36)17-25(35)26(20(3)42-31(4,5)6)34-30(39)41-18-21-11-9-8-10-12-21/h8-12,19-20,22-24,26H,13-18H2,1-7H3,(H,32,36)(H,33,37)(H,34,39)/t20-,22+,23-,24+,26+/m1/s1. The number of hydrogen-bond acceptors (Lipinski definition) is 8. The average molecular weight is 590 g/mol. The number of alkyl carbamates (subject to hydrolysis) is 1. The van der Waals surface area contributed by atoms with Crippen molar-refractivity contribution in [2.24, 2.45) is 17.8 Å². The van der Waals surface area contributed by atoms with Gasteiger partial charge in [-0.05, 0) is 58.4 Å². The molecule has 3 amide bonds. The van der Waals surface area contributed by atoms with Crippen molar-refractivity contribution in [1.82, 2.24) is 16.0 Å². The number of carbonyl (C=O) groups excluding carboxylic acids is 5. The number of carbonyl (C=O) groups is 5. The fraction of sp³-hybridized carbons (Fsp3) is 0.645. The van der Waals surface area contributed by atoms with Crippen LogP contribution in [-0.4, -0.2) is 67.1 Å². The Morgan fingerprint density at radius 3 is 2.26 bits per heavy atom. The summed E-state index contributed by atoms with van der Waals surface area (Å²) in [4.78, 5) is 64.5. The van der Waals surface area contributed by atoms with Crippen LogP contribution in [0.15, 0.2) is 30.3 Å². The SMILES string of the molecule is COC(=O)[C@H](C[C@@H]1CCNC1=O)NC(=O)[C@@H](CC(=O)[C@@H](NC(=O)OCc1ccccc1)[C@@H](C)OC(C)(C)C)CC(C)C. The van der Waals surface area contributed by atoms with Gasteiger partial charge in [0.1, 0.15) is 18.7 Å². The van der Waals surface area contributed by atoms with Crippen molar-refractivity contribution >= 4 is 29.7 Å². The van der Waals surface area contributed by atoms with E-state index in [2.05, 4.69) is 16.0 Å². The third-order valence-electron chi connectivity index (χ3n) is 6.90. The van der Waals surface area contributed by atoms with Gasteiger partial charge in [0.25, 0.3) is 0 Å². The minimum atomic E-state index is -1.09. The molecule has 1 aliphatic rings. The van der Waals surface area contributed by atoms with E-state index in [0.717, 1.165) is 5.56 Å². The molecular formula is C31H47N3O8. The number of hydrogen-bond donors (Lipinski definition) is 3. The second-order valence-electron chi connectivity index (χ2n) is 12.2. The van der Waals surface area contributed by atoms with Crippen LogP contribution in [0, 0.1) is 17.8 Å². The first-order chi connectivity index (χ1) is 19.7. The number of ether oxygens (including phenoxy) is 3. The van der Waals surface area contributed by atoms with E-state index < -0.39 is 59.4 Å². The Kier molecular flexibility index (Phi) is 13.4. The number of amides is 3. The molecule has 11 nitrogen and oxygen atoms in total. The molecule has 0 bridgehead atoms. The zero-order valence-electron chi connectivity index (χ0n) is 25.9. The first-order valence-corrected chi connectivity index (χ1v) is 14.5. The minimum Gasteiger partial charge on any atom is -0.467 e. The van der Waals surface area contributed by atoms with Gasteiger partial charge in [0.2, 0.25) is 11.8 Å². The quantitative estimate of drug-likeness (QED) is 0.264. The summed E-state index contributed by atoms with van der Waals surface area (Å²) in [6.45, 7) is 11.6. The normalized spacial score (nSPS) is 17.9. The van der Waals surface area contributed by atoms with Crippen LogP contribution in [0.1, 0.15) is 72.8 Å². The number of methoxy groups -OCH3 is 1. The Bertz CT molecular complexity index is 1070. The fourth-order valence-corrected chi connectivity index (χ4v) is 5.00. The molecule has 1 aromatic rings. The van der Waals surface area contributed by atoms with Crippen LogP contribution >= 0.6 is 0 Å². The van der Waals surface area contributed by atoms with Gasteiger partial charge in [-0.15, -0.1) is 0 Å². The second-order valence-corrected chi connectivity index (χ2v) is 12.2. The molecule has 11 heteroatoms. The summed E-state index contributed by atoms with van der Waals surface area (Å²) < 4.78 is 16.2. The van der Waals surface area contributed by atoms with Crippen LogP contribution in [-0.2, 0) is 40.0 Å². The number of benzene rings is 1. The molecule has 234 valence electrons. The van der Waals surface area contributed by atoms with E-state index in [9.17, 15) is 24.0 Å². The summed E-state index contributed by atoms with van der Waals surface area (Å²) in [7, 11) is 1.22. The molecule has 2 rings (SSSR count). The van der Waals surface area contributed by atoms with E-state index in [1.54, 1.807) is 6.92 Å². The molecule has 0 radical (unpaired) electrons. The van der Waals surface area contributed by atoms with Gasteiger partial charge < -0.3 is 30.2 Å². The van der Waals surface area contributed by atoms with Crippen molar-refractivity contribution in [3.8, 4) is 0 Å². The second kappa shape index (κ2) is 16.2. The largest absolute Gasteiger partial charge is 0.467 e. The number of esters is 1. The van der Waals surface area contributed by atoms with Crippen LogP contribution in [0.2, 0.25) is 0 Å². The highest BCUT2D eigenvalue weighted by Crippen LogP contribution is 2.22. The predicted octanol–water partition coefficient (Wildman–Crippen LogP) is 3.29. The Hall–Kier alpha value is -3.47. The van der Waals surface area contributed by atoms with Gasteiger partial charge in [-0.2, -0.15) is 0 Å². The summed E-state index contributed by atoms with van der Waals surface area (Å²) in [5.74, 6) is -2.91. The molecule has 1 aliphatic heterocycles. The van der Waals surface area contributed by atoms with E-state index in [4.69, 9.17) is 14.2 Å². The zero-order chi connectivity index (χ0) is 31.4. The molecule has 0 aromatic heterocycles. The number of nitrogens with one attached hydrogen (secondary N) is 3. The fourth-order valence-electron chi connectivity index (χ4n) is 5.00. The summed E-state index contributed by atoms with van der Waals surface area (Å²) >= 11 is 0. The van der Waals surface area contributed by atoms with Crippen LogP contribution in [0.5, 0.6) is 0 Å². The lowest BCUT2D eigenvalue weighted by Gasteiger charge is -2.31. The van der Waals surface area contributed by atoms with Crippen LogP contribution in [0.25, 0.3) is 0 Å². The molecule has 3 N–H and O–H groups in total. The van der Waals surface area contributed by atoms with Crippen molar-refractivity contribution in [3.63, 3.8) is 0 Å². The lowest BCUT2D eigenvalue weighted by Crippen LogP contribution is -2.52. The topological polar surface area (TPSA) is 149 Å². The molecule has 0 saturated carbocycles. The Morgan fingerprint density at radius 2 is 1.71 bits per heavy atom. The third kappa shape index (κ3) is 11.8. The number of rotatable bonds is 15. The molecule has 42 heavy (non-hydrogen) atoms. The smallest absolute Gasteiger partial charge is 0.408 e. The third-order valence-corrected chi connectivity index (χ3v) is 6.90. The van der Waals surface area contributed by atoms with Crippen LogP contribution in [0.3, 0.4) is 0 Å². The van der Waals surface area contributed by atoms with E-state index in [1.165, 1.54) is 7.11 Å². The number of ketones is 1. The van der Waals surface area contributed by atoms with E-state index in [1.807, 2.05) is 65.0 Å². The Morgan fingerprint density at radius 1 is 1.05 bits per heavy atom. The van der Waals surface area contributed by atoms with Gasteiger partial charge in [-0.25, -0.2) is 9.59 Å². The van der Waals surface area contributed by atoms with E-state index in [0.29, 0.717) is 19.4 Å². The maximum Gasteiger partial charge on any atom is 0.408 e. The van der Waals surface area contributed by atoms with Gasteiger partial charge in [0.15, 0.2) is 5.78 Å². The van der Waals surface area contributed by atoms with Gasteiger partial charge in [-0.3, -0.25) is 14.4 Å². The van der Waals surface area contributed by atoms with Gasteiger partial charge in [-0.1, -0.05) is 44.2 Å². The molecule has 1 heterocycles. The highest BCUT2D eigenvalue weighted by Gasteiger charge is 2.36. The Balaban J connectivity index is 2.19. The first-order valence-electron chi connectivity index (χ1n) is 14.5. The molecule has 1 aromatic carbocycles. The van der Waals surface area contributed by atoms with Crippen molar-refractivity contribution in [2.75, 3.05) is 13.7 Å².